The number of halogens is 1. The van der Waals surface area contributed by atoms with Crippen LogP contribution < -0.4 is 5.32 Å². The molecule has 1 unspecified atom stereocenters. The molecule has 0 radical (unpaired) electrons. The molecule has 1 atom stereocenters. The first-order chi connectivity index (χ1) is 10.8. The lowest BCUT2D eigenvalue weighted by atomic mass is 9.95. The summed E-state index contributed by atoms with van der Waals surface area (Å²) in [4.78, 5) is 12.5. The van der Waals surface area contributed by atoms with Crippen LogP contribution in [0, 0.1) is 0 Å². The van der Waals surface area contributed by atoms with Crippen molar-refractivity contribution in [1.29, 1.82) is 0 Å². The van der Waals surface area contributed by atoms with Gasteiger partial charge in [-0.15, -0.1) is 12.4 Å². The second-order valence-electron chi connectivity index (χ2n) is 6.48. The summed E-state index contributed by atoms with van der Waals surface area (Å²) in [6.07, 6.45) is 5.19. The van der Waals surface area contributed by atoms with Crippen LogP contribution in [0.1, 0.15) is 47.2 Å². The molecule has 0 amide bonds. The molecule has 2 aromatic rings. The molecule has 0 spiro atoms. The number of nitrogens with one attached hydrogen (secondary N) is 1. The summed E-state index contributed by atoms with van der Waals surface area (Å²) in [5, 5.41) is 3.47. The van der Waals surface area contributed by atoms with Gasteiger partial charge in [-0.05, 0) is 54.1 Å². The van der Waals surface area contributed by atoms with Crippen LogP contribution in [0.4, 0.5) is 0 Å². The third-order valence-electron chi connectivity index (χ3n) is 4.96. The van der Waals surface area contributed by atoms with E-state index >= 15 is 0 Å². The molecule has 3 heteroatoms. The molecule has 2 nitrogen and oxygen atoms in total. The van der Waals surface area contributed by atoms with E-state index in [-0.39, 0.29) is 18.2 Å². The predicted molar refractivity (Wildman–Crippen MR) is 96.5 cm³/mol. The molecular weight excluding hydrogens is 306 g/mol. The van der Waals surface area contributed by atoms with Gasteiger partial charge in [-0.1, -0.05) is 42.8 Å². The zero-order chi connectivity index (χ0) is 14.9. The van der Waals surface area contributed by atoms with Gasteiger partial charge in [-0.2, -0.15) is 0 Å². The Morgan fingerprint density at radius 1 is 1.04 bits per heavy atom. The third-order valence-corrected chi connectivity index (χ3v) is 4.96. The Labute approximate surface area is 143 Å². The van der Waals surface area contributed by atoms with Crippen LogP contribution in [0.15, 0.2) is 42.5 Å². The number of ketones is 1. The average molecular weight is 328 g/mol. The van der Waals surface area contributed by atoms with Crippen LogP contribution in [0.5, 0.6) is 0 Å². The van der Waals surface area contributed by atoms with E-state index in [4.69, 9.17) is 0 Å². The smallest absolute Gasteiger partial charge is 0.164 e. The van der Waals surface area contributed by atoms with E-state index < -0.39 is 0 Å². The predicted octanol–water partition coefficient (Wildman–Crippen LogP) is 4.39. The standard InChI is InChI=1S/C20H21NO.ClH/c22-20(13-17-6-3-4-10-21-17)15-8-9-19-16(12-15)11-14-5-1-2-7-18(14)19;/h1-2,5,7-9,12,17,21H,3-4,6,10-11,13H2;1H. The van der Waals surface area contributed by atoms with E-state index in [1.54, 1.807) is 0 Å². The van der Waals surface area contributed by atoms with Crippen molar-refractivity contribution in [2.24, 2.45) is 0 Å². The lowest BCUT2D eigenvalue weighted by Gasteiger charge is -2.22. The molecule has 0 bridgehead atoms. The van der Waals surface area contributed by atoms with Crippen LogP contribution in [-0.2, 0) is 6.42 Å². The van der Waals surface area contributed by atoms with Crippen molar-refractivity contribution in [2.75, 3.05) is 6.54 Å². The summed E-state index contributed by atoms with van der Waals surface area (Å²) >= 11 is 0. The number of benzene rings is 2. The molecule has 1 saturated heterocycles. The van der Waals surface area contributed by atoms with Crippen molar-refractivity contribution in [2.45, 2.75) is 38.1 Å². The summed E-state index contributed by atoms with van der Waals surface area (Å²) in [6.45, 7) is 1.05. The molecule has 1 N–H and O–H groups in total. The summed E-state index contributed by atoms with van der Waals surface area (Å²) in [5.41, 5.74) is 6.16. The van der Waals surface area contributed by atoms with Crippen molar-refractivity contribution >= 4 is 18.2 Å². The van der Waals surface area contributed by atoms with E-state index in [0.29, 0.717) is 12.5 Å². The Morgan fingerprint density at radius 2 is 1.87 bits per heavy atom. The zero-order valence-electron chi connectivity index (χ0n) is 13.2. The first-order valence-corrected chi connectivity index (χ1v) is 8.29. The number of fused-ring (bicyclic) bond motifs is 3. The second kappa shape index (κ2) is 6.86. The van der Waals surface area contributed by atoms with E-state index in [1.807, 2.05) is 6.07 Å². The highest BCUT2D eigenvalue weighted by Crippen LogP contribution is 2.36. The second-order valence-corrected chi connectivity index (χ2v) is 6.48. The topological polar surface area (TPSA) is 29.1 Å². The van der Waals surface area contributed by atoms with Gasteiger partial charge in [-0.25, -0.2) is 0 Å². The van der Waals surface area contributed by atoms with Gasteiger partial charge in [0.1, 0.15) is 0 Å². The van der Waals surface area contributed by atoms with Crippen LogP contribution in [0.2, 0.25) is 0 Å². The van der Waals surface area contributed by atoms with E-state index in [2.05, 4.69) is 41.7 Å². The van der Waals surface area contributed by atoms with Gasteiger partial charge in [-0.3, -0.25) is 4.79 Å². The maximum atomic E-state index is 12.5. The Hall–Kier alpha value is -1.64. The van der Waals surface area contributed by atoms with Gasteiger partial charge in [0.15, 0.2) is 5.78 Å². The summed E-state index contributed by atoms with van der Waals surface area (Å²) in [7, 11) is 0. The monoisotopic (exact) mass is 327 g/mol. The van der Waals surface area contributed by atoms with Crippen LogP contribution >= 0.6 is 12.4 Å². The van der Waals surface area contributed by atoms with Gasteiger partial charge in [0, 0.05) is 18.0 Å². The van der Waals surface area contributed by atoms with Crippen molar-refractivity contribution < 1.29 is 4.79 Å². The molecular formula is C20H22ClNO. The first kappa shape index (κ1) is 16.2. The first-order valence-electron chi connectivity index (χ1n) is 8.29. The molecule has 1 aliphatic heterocycles. The minimum absolute atomic E-state index is 0. The van der Waals surface area contributed by atoms with E-state index in [9.17, 15) is 4.79 Å². The number of hydrogen-bond donors (Lipinski definition) is 1. The molecule has 0 aromatic heterocycles. The highest BCUT2D eigenvalue weighted by Gasteiger charge is 2.21. The van der Waals surface area contributed by atoms with E-state index in [1.165, 1.54) is 35.1 Å². The van der Waals surface area contributed by atoms with Crippen molar-refractivity contribution in [3.8, 4) is 11.1 Å². The lowest BCUT2D eigenvalue weighted by Crippen LogP contribution is -2.35. The summed E-state index contributed by atoms with van der Waals surface area (Å²) < 4.78 is 0. The minimum atomic E-state index is 0. The van der Waals surface area contributed by atoms with Crippen LogP contribution in [0.25, 0.3) is 11.1 Å². The zero-order valence-corrected chi connectivity index (χ0v) is 14.0. The molecule has 1 heterocycles. The highest BCUT2D eigenvalue weighted by molar-refractivity contribution is 5.97. The Morgan fingerprint density at radius 3 is 2.70 bits per heavy atom. The van der Waals surface area contributed by atoms with Crippen LogP contribution in [0.3, 0.4) is 0 Å². The SMILES string of the molecule is Cl.O=C(CC1CCCCN1)c1ccc2c(c1)Cc1ccccc1-2. The molecule has 23 heavy (non-hydrogen) atoms. The Kier molecular flexibility index (Phi) is 4.84. The molecule has 120 valence electrons. The molecule has 2 aliphatic rings. The minimum Gasteiger partial charge on any atom is -0.314 e. The molecule has 4 rings (SSSR count). The third kappa shape index (κ3) is 3.19. The normalized spacial score (nSPS) is 18.7. The fourth-order valence-electron chi connectivity index (χ4n) is 3.76. The van der Waals surface area contributed by atoms with Crippen molar-refractivity contribution in [3.05, 3.63) is 59.2 Å². The number of hydrogen-bond acceptors (Lipinski definition) is 2. The number of rotatable bonds is 3. The van der Waals surface area contributed by atoms with Gasteiger partial charge < -0.3 is 5.32 Å². The number of carbonyl (C=O) groups excluding carboxylic acids is 1. The number of piperidine rings is 1. The number of carbonyl (C=O) groups is 1. The molecule has 0 saturated carbocycles. The van der Waals surface area contributed by atoms with Gasteiger partial charge >= 0.3 is 0 Å². The lowest BCUT2D eigenvalue weighted by molar-refractivity contribution is 0.0963. The average Bonchev–Trinajstić information content (AvgIpc) is 2.93. The Bertz CT molecular complexity index is 719. The maximum absolute atomic E-state index is 12.5. The summed E-state index contributed by atoms with van der Waals surface area (Å²) in [6, 6.07) is 15.1. The van der Waals surface area contributed by atoms with E-state index in [0.717, 1.165) is 24.9 Å². The van der Waals surface area contributed by atoms with Crippen LogP contribution in [-0.4, -0.2) is 18.4 Å². The highest BCUT2D eigenvalue weighted by atomic mass is 35.5. The summed E-state index contributed by atoms with van der Waals surface area (Å²) in [5.74, 6) is 0.276. The molecule has 2 aromatic carbocycles. The largest absolute Gasteiger partial charge is 0.314 e. The maximum Gasteiger partial charge on any atom is 0.164 e. The molecule has 1 fully saturated rings. The van der Waals surface area contributed by atoms with Crippen molar-refractivity contribution in [1.82, 2.24) is 5.32 Å². The fraction of sp³-hybridized carbons (Fsp3) is 0.350. The van der Waals surface area contributed by atoms with Gasteiger partial charge in [0.05, 0.1) is 0 Å². The Balaban J connectivity index is 0.00000156. The number of Topliss-reactive ketones (excluding diaryl/α,β-unsaturated/α-hetero) is 1. The molecule has 1 aliphatic carbocycles. The quantitative estimate of drug-likeness (QED) is 0.723. The van der Waals surface area contributed by atoms with Crippen molar-refractivity contribution in [3.63, 3.8) is 0 Å². The van der Waals surface area contributed by atoms with Gasteiger partial charge in [0.2, 0.25) is 0 Å². The van der Waals surface area contributed by atoms with Gasteiger partial charge in [0.25, 0.3) is 0 Å². The fourth-order valence-corrected chi connectivity index (χ4v) is 3.76.